The van der Waals surface area contributed by atoms with E-state index in [0.717, 1.165) is 30.6 Å². The molecule has 0 N–H and O–H groups in total. The lowest BCUT2D eigenvalue weighted by Gasteiger charge is -2.16. The molecule has 0 spiro atoms. The van der Waals surface area contributed by atoms with Crippen LogP contribution in [0.5, 0.6) is 0 Å². The van der Waals surface area contributed by atoms with Crippen LogP contribution >= 0.6 is 0 Å². The highest BCUT2D eigenvalue weighted by Gasteiger charge is 2.48. The Labute approximate surface area is 110 Å². The summed E-state index contributed by atoms with van der Waals surface area (Å²) in [7, 11) is 0. The summed E-state index contributed by atoms with van der Waals surface area (Å²) < 4.78 is 10.6. The van der Waals surface area contributed by atoms with E-state index in [2.05, 4.69) is 10.1 Å². The molecule has 2 saturated carbocycles. The minimum atomic E-state index is 0.101. The highest BCUT2D eigenvalue weighted by Crippen LogP contribution is 2.50. The quantitative estimate of drug-likeness (QED) is 0.828. The van der Waals surface area contributed by atoms with Crippen LogP contribution in [0.3, 0.4) is 0 Å². The van der Waals surface area contributed by atoms with Gasteiger partial charge in [0.25, 0.3) is 0 Å². The fourth-order valence-electron chi connectivity index (χ4n) is 3.49. The zero-order chi connectivity index (χ0) is 13.0. The summed E-state index contributed by atoms with van der Waals surface area (Å²) >= 11 is 0. The summed E-state index contributed by atoms with van der Waals surface area (Å²) in [5.74, 6) is 3.04. The standard InChI is InChI=1S/C14H14N2O3/c1-7-9(2-3-18-7)13-15-14(19-16-13)11-5-8-4-10(11)12(17)6-8/h2-3,8,10-11H,4-6H2,1H3/t8-,10+,11?/m0/s1. The number of fused-ring (bicyclic) bond motifs is 2. The van der Waals surface area contributed by atoms with Gasteiger partial charge in [0.2, 0.25) is 11.7 Å². The molecule has 5 nitrogen and oxygen atoms in total. The Morgan fingerprint density at radius 1 is 1.32 bits per heavy atom. The van der Waals surface area contributed by atoms with E-state index in [4.69, 9.17) is 8.94 Å². The van der Waals surface area contributed by atoms with Crippen molar-refractivity contribution in [2.24, 2.45) is 11.8 Å². The first-order chi connectivity index (χ1) is 9.22. The van der Waals surface area contributed by atoms with Gasteiger partial charge in [0, 0.05) is 18.3 Å². The summed E-state index contributed by atoms with van der Waals surface area (Å²) in [6.45, 7) is 1.87. The Bertz CT molecular complexity index is 643. The molecule has 2 aromatic heterocycles. The van der Waals surface area contributed by atoms with Crippen molar-refractivity contribution in [1.29, 1.82) is 0 Å². The highest BCUT2D eigenvalue weighted by atomic mass is 16.5. The molecule has 1 unspecified atom stereocenters. The van der Waals surface area contributed by atoms with E-state index >= 15 is 0 Å². The summed E-state index contributed by atoms with van der Waals surface area (Å²) in [4.78, 5) is 16.3. The molecule has 2 aliphatic rings. The van der Waals surface area contributed by atoms with Crippen molar-refractivity contribution in [3.63, 3.8) is 0 Å². The molecule has 2 aliphatic carbocycles. The van der Waals surface area contributed by atoms with Crippen LogP contribution in [0, 0.1) is 18.8 Å². The lowest BCUT2D eigenvalue weighted by Crippen LogP contribution is -2.18. The van der Waals surface area contributed by atoms with Crippen molar-refractivity contribution in [2.75, 3.05) is 0 Å². The molecule has 98 valence electrons. The van der Waals surface area contributed by atoms with Gasteiger partial charge in [0.1, 0.15) is 11.5 Å². The van der Waals surface area contributed by atoms with E-state index < -0.39 is 0 Å². The number of ketones is 1. The minimum Gasteiger partial charge on any atom is -0.469 e. The van der Waals surface area contributed by atoms with Crippen LogP contribution in [0.4, 0.5) is 0 Å². The maximum absolute atomic E-state index is 11.8. The molecular weight excluding hydrogens is 244 g/mol. The highest BCUT2D eigenvalue weighted by molar-refractivity contribution is 5.85. The maximum atomic E-state index is 11.8. The van der Waals surface area contributed by atoms with Crippen LogP contribution in [0.2, 0.25) is 0 Å². The van der Waals surface area contributed by atoms with E-state index in [1.165, 1.54) is 0 Å². The Hall–Kier alpha value is -1.91. The van der Waals surface area contributed by atoms with Crippen molar-refractivity contribution >= 4 is 5.78 Å². The van der Waals surface area contributed by atoms with Crippen LogP contribution in [-0.4, -0.2) is 15.9 Å². The predicted octanol–water partition coefficient (Wildman–Crippen LogP) is 2.72. The van der Waals surface area contributed by atoms with Gasteiger partial charge in [-0.3, -0.25) is 4.79 Å². The van der Waals surface area contributed by atoms with Crippen molar-refractivity contribution in [2.45, 2.75) is 32.1 Å². The molecule has 2 heterocycles. The second kappa shape index (κ2) is 3.79. The Kier molecular flexibility index (Phi) is 2.19. The molecule has 4 rings (SSSR count). The van der Waals surface area contributed by atoms with Crippen molar-refractivity contribution in [3.8, 4) is 11.4 Å². The van der Waals surface area contributed by atoms with E-state index in [1.807, 2.05) is 13.0 Å². The van der Waals surface area contributed by atoms with Gasteiger partial charge in [-0.1, -0.05) is 5.16 Å². The number of aromatic nitrogens is 2. The first kappa shape index (κ1) is 11.0. The third-order valence-electron chi connectivity index (χ3n) is 4.42. The molecule has 0 saturated heterocycles. The smallest absolute Gasteiger partial charge is 0.230 e. The summed E-state index contributed by atoms with van der Waals surface area (Å²) in [5.41, 5.74) is 0.851. The number of furan rings is 1. The number of hydrogen-bond donors (Lipinski definition) is 0. The monoisotopic (exact) mass is 258 g/mol. The van der Waals surface area contributed by atoms with E-state index in [-0.39, 0.29) is 11.8 Å². The van der Waals surface area contributed by atoms with Gasteiger partial charge in [-0.05, 0) is 31.7 Å². The third-order valence-corrected chi connectivity index (χ3v) is 4.42. The molecule has 0 aromatic carbocycles. The molecule has 0 amide bonds. The number of nitrogens with zero attached hydrogens (tertiary/aromatic N) is 2. The zero-order valence-electron chi connectivity index (χ0n) is 10.6. The van der Waals surface area contributed by atoms with Crippen molar-refractivity contribution in [1.82, 2.24) is 10.1 Å². The normalized spacial score (nSPS) is 29.3. The molecule has 5 heteroatoms. The van der Waals surface area contributed by atoms with E-state index in [9.17, 15) is 4.79 Å². The molecule has 2 aromatic rings. The van der Waals surface area contributed by atoms with Crippen LogP contribution < -0.4 is 0 Å². The number of rotatable bonds is 2. The lowest BCUT2D eigenvalue weighted by atomic mass is 9.88. The topological polar surface area (TPSA) is 69.1 Å². The average Bonchev–Trinajstić information content (AvgIpc) is 3.08. The van der Waals surface area contributed by atoms with Gasteiger partial charge in [-0.2, -0.15) is 4.98 Å². The fourth-order valence-corrected chi connectivity index (χ4v) is 3.49. The van der Waals surface area contributed by atoms with Crippen LogP contribution in [0.25, 0.3) is 11.4 Å². The SMILES string of the molecule is Cc1occc1-c1noc(C2C[C@H]3CC(=O)[C@@H]2C3)n1. The summed E-state index contributed by atoms with van der Waals surface area (Å²) in [6, 6.07) is 1.83. The van der Waals surface area contributed by atoms with Gasteiger partial charge in [-0.15, -0.1) is 0 Å². The second-order valence-corrected chi connectivity index (χ2v) is 5.57. The Morgan fingerprint density at radius 3 is 2.84 bits per heavy atom. The number of hydrogen-bond acceptors (Lipinski definition) is 5. The third kappa shape index (κ3) is 1.57. The van der Waals surface area contributed by atoms with Crippen LogP contribution in [0.1, 0.15) is 36.8 Å². The molecule has 0 radical (unpaired) electrons. The van der Waals surface area contributed by atoms with Gasteiger partial charge in [0.15, 0.2) is 0 Å². The van der Waals surface area contributed by atoms with Crippen molar-refractivity contribution < 1.29 is 13.7 Å². The molecular formula is C14H14N2O3. The molecule has 3 atom stereocenters. The Balaban J connectivity index is 1.66. The number of aryl methyl sites for hydroxylation is 1. The minimum absolute atomic E-state index is 0.101. The maximum Gasteiger partial charge on any atom is 0.230 e. The molecule has 0 aliphatic heterocycles. The second-order valence-electron chi connectivity index (χ2n) is 5.57. The predicted molar refractivity (Wildman–Crippen MR) is 65.3 cm³/mol. The molecule has 2 fully saturated rings. The van der Waals surface area contributed by atoms with Crippen molar-refractivity contribution in [3.05, 3.63) is 24.0 Å². The first-order valence-electron chi connectivity index (χ1n) is 6.63. The lowest BCUT2D eigenvalue weighted by molar-refractivity contribution is -0.122. The average molecular weight is 258 g/mol. The Morgan fingerprint density at radius 2 is 2.16 bits per heavy atom. The van der Waals surface area contributed by atoms with Gasteiger partial charge < -0.3 is 8.94 Å². The fraction of sp³-hybridized carbons (Fsp3) is 0.500. The first-order valence-corrected chi connectivity index (χ1v) is 6.63. The van der Waals surface area contributed by atoms with Gasteiger partial charge in [0.05, 0.1) is 11.8 Å². The van der Waals surface area contributed by atoms with E-state index in [0.29, 0.717) is 23.4 Å². The molecule has 19 heavy (non-hydrogen) atoms. The largest absolute Gasteiger partial charge is 0.469 e. The zero-order valence-corrected chi connectivity index (χ0v) is 10.6. The molecule has 2 bridgehead atoms. The van der Waals surface area contributed by atoms with Crippen LogP contribution in [-0.2, 0) is 4.79 Å². The van der Waals surface area contributed by atoms with Gasteiger partial charge in [-0.25, -0.2) is 0 Å². The van der Waals surface area contributed by atoms with E-state index in [1.54, 1.807) is 6.26 Å². The summed E-state index contributed by atoms with van der Waals surface area (Å²) in [6.07, 6.45) is 4.35. The summed E-state index contributed by atoms with van der Waals surface area (Å²) in [5, 5.41) is 4.02. The van der Waals surface area contributed by atoms with Crippen LogP contribution in [0.15, 0.2) is 21.3 Å². The number of carbonyl (C=O) groups excluding carboxylic acids is 1. The number of Topliss-reactive ketones (excluding diaryl/α,β-unsaturated/α-hetero) is 1. The number of carbonyl (C=O) groups is 1. The van der Waals surface area contributed by atoms with Gasteiger partial charge >= 0.3 is 0 Å².